The van der Waals surface area contributed by atoms with E-state index in [1.54, 1.807) is 6.08 Å². The van der Waals surface area contributed by atoms with Gasteiger partial charge in [0.2, 0.25) is 5.91 Å². The molecule has 0 fully saturated rings. The van der Waals surface area contributed by atoms with Gasteiger partial charge in [0.25, 0.3) is 0 Å². The van der Waals surface area contributed by atoms with Crippen LogP contribution in [0.4, 0.5) is 0 Å². The molecule has 0 aliphatic carbocycles. The Kier molecular flexibility index (Phi) is 66.9. The zero-order valence-corrected chi connectivity index (χ0v) is 53.2. The summed E-state index contributed by atoms with van der Waals surface area (Å²) in [5.74, 6) is -0.0380. The second kappa shape index (κ2) is 68.1. The lowest BCUT2D eigenvalue weighted by atomic mass is 10.0. The minimum atomic E-state index is -0.841. The van der Waals surface area contributed by atoms with Crippen molar-refractivity contribution >= 4 is 11.9 Å². The number of unbranched alkanes of at least 4 members (excludes halogenated alkanes) is 57. The summed E-state index contributed by atoms with van der Waals surface area (Å²) in [6, 6.07) is -0.625. The fourth-order valence-corrected chi connectivity index (χ4v) is 11.6. The lowest BCUT2D eigenvalue weighted by Crippen LogP contribution is -2.45. The zero-order chi connectivity index (χ0) is 56.4. The van der Waals surface area contributed by atoms with Crippen molar-refractivity contribution in [1.29, 1.82) is 0 Å². The number of hydrogen-bond donors (Lipinski definition) is 3. The lowest BCUT2D eigenvalue weighted by Gasteiger charge is -2.20. The van der Waals surface area contributed by atoms with Crippen LogP contribution in [-0.2, 0) is 14.3 Å². The van der Waals surface area contributed by atoms with Crippen LogP contribution >= 0.6 is 0 Å². The number of esters is 1. The molecule has 0 spiro atoms. The standard InChI is InChI=1S/C72H141NO5/c1-3-5-7-9-11-13-15-17-19-33-38-42-46-50-54-58-62-66-72(77)78-67-63-59-55-51-47-43-39-35-32-30-28-26-24-22-21-23-25-27-29-31-34-37-41-45-49-53-57-61-65-71(76)73-69(68-74)70(75)64-60-56-52-48-44-40-36-20-18-16-14-12-10-8-6-4-2/h60,64,69-70,74-75H,3-59,61-63,65-68H2,1-2H3,(H,73,76)/b64-60+. The van der Waals surface area contributed by atoms with E-state index in [1.807, 2.05) is 6.08 Å². The quantitative estimate of drug-likeness (QED) is 0.0320. The fourth-order valence-electron chi connectivity index (χ4n) is 11.6. The normalized spacial score (nSPS) is 12.5. The van der Waals surface area contributed by atoms with E-state index in [9.17, 15) is 19.8 Å². The summed E-state index contributed by atoms with van der Waals surface area (Å²) in [6.07, 6.45) is 84.4. The molecule has 78 heavy (non-hydrogen) atoms. The number of rotatable bonds is 68. The molecule has 0 radical (unpaired) electrons. The smallest absolute Gasteiger partial charge is 0.305 e. The minimum absolute atomic E-state index is 0.0234. The molecular formula is C72H141NO5. The number of amides is 1. The Hall–Kier alpha value is -1.40. The Morgan fingerprint density at radius 3 is 0.872 bits per heavy atom. The molecule has 464 valence electrons. The van der Waals surface area contributed by atoms with Crippen molar-refractivity contribution in [2.45, 2.75) is 424 Å². The molecule has 6 heteroatoms. The highest BCUT2D eigenvalue weighted by atomic mass is 16.5. The second-order valence-electron chi connectivity index (χ2n) is 24.9. The van der Waals surface area contributed by atoms with Crippen LogP contribution in [0, 0.1) is 0 Å². The van der Waals surface area contributed by atoms with Crippen molar-refractivity contribution < 1.29 is 24.5 Å². The van der Waals surface area contributed by atoms with Gasteiger partial charge in [-0.1, -0.05) is 379 Å². The predicted molar refractivity (Wildman–Crippen MR) is 343 cm³/mol. The first-order chi connectivity index (χ1) is 38.5. The molecule has 0 aliphatic rings. The average Bonchev–Trinajstić information content (AvgIpc) is 3.44. The first-order valence-electron chi connectivity index (χ1n) is 36.0. The fraction of sp³-hybridized carbons (Fsp3) is 0.944. The summed E-state index contributed by atoms with van der Waals surface area (Å²) in [5.41, 5.74) is 0. The molecule has 3 N–H and O–H groups in total. The number of ether oxygens (including phenoxy) is 1. The molecule has 0 aliphatic heterocycles. The number of aliphatic hydroxyl groups is 2. The van der Waals surface area contributed by atoms with Crippen LogP contribution in [0.15, 0.2) is 12.2 Å². The van der Waals surface area contributed by atoms with Crippen LogP contribution in [0.1, 0.15) is 412 Å². The molecule has 1 amide bonds. The van der Waals surface area contributed by atoms with E-state index in [1.165, 1.54) is 347 Å². The molecular weight excluding hydrogens is 959 g/mol. The molecule has 0 aromatic carbocycles. The Labute approximate surface area is 489 Å². The summed E-state index contributed by atoms with van der Waals surface area (Å²) in [5, 5.41) is 23.2. The molecule has 2 atom stereocenters. The Balaban J connectivity index is 3.33. The number of carbonyl (C=O) groups is 2. The largest absolute Gasteiger partial charge is 0.466 e. The molecule has 2 unspecified atom stereocenters. The van der Waals surface area contributed by atoms with Crippen LogP contribution < -0.4 is 5.32 Å². The molecule has 0 bridgehead atoms. The first kappa shape index (κ1) is 76.6. The molecule has 0 rings (SSSR count). The van der Waals surface area contributed by atoms with Gasteiger partial charge in [-0.2, -0.15) is 0 Å². The topological polar surface area (TPSA) is 95.9 Å². The Morgan fingerprint density at radius 2 is 0.590 bits per heavy atom. The average molecular weight is 1100 g/mol. The van der Waals surface area contributed by atoms with E-state index >= 15 is 0 Å². The molecule has 6 nitrogen and oxygen atoms in total. The van der Waals surface area contributed by atoms with Crippen LogP contribution in [0.3, 0.4) is 0 Å². The van der Waals surface area contributed by atoms with Gasteiger partial charge in [-0.15, -0.1) is 0 Å². The van der Waals surface area contributed by atoms with Gasteiger partial charge < -0.3 is 20.3 Å². The predicted octanol–water partition coefficient (Wildman–Crippen LogP) is 23.1. The highest BCUT2D eigenvalue weighted by Crippen LogP contribution is 2.19. The van der Waals surface area contributed by atoms with Crippen LogP contribution in [0.5, 0.6) is 0 Å². The number of allylic oxidation sites excluding steroid dienone is 1. The maximum absolute atomic E-state index is 12.5. The van der Waals surface area contributed by atoms with Crippen molar-refractivity contribution in [2.75, 3.05) is 13.2 Å². The molecule has 0 heterocycles. The van der Waals surface area contributed by atoms with E-state index < -0.39 is 12.1 Å². The molecule has 0 saturated heterocycles. The first-order valence-corrected chi connectivity index (χ1v) is 36.0. The summed E-state index contributed by atoms with van der Waals surface area (Å²) < 4.78 is 5.51. The van der Waals surface area contributed by atoms with Gasteiger partial charge in [0.1, 0.15) is 0 Å². The molecule has 0 aromatic rings. The van der Waals surface area contributed by atoms with Crippen molar-refractivity contribution in [2.24, 2.45) is 0 Å². The Bertz CT molecular complexity index is 1180. The second-order valence-corrected chi connectivity index (χ2v) is 24.9. The van der Waals surface area contributed by atoms with Gasteiger partial charge in [0, 0.05) is 12.8 Å². The monoisotopic (exact) mass is 1100 g/mol. The van der Waals surface area contributed by atoms with E-state index in [0.29, 0.717) is 19.4 Å². The Morgan fingerprint density at radius 1 is 0.346 bits per heavy atom. The SMILES string of the molecule is CCCCCCCCCCCCCCCC/C=C/C(O)C(CO)NC(=O)CCCCCCCCCCCCCCCCCCCCCCCCCCCCCCOC(=O)CCCCCCCCCCCCCCCCCCC. The highest BCUT2D eigenvalue weighted by Gasteiger charge is 2.18. The van der Waals surface area contributed by atoms with Gasteiger partial charge in [-0.3, -0.25) is 9.59 Å². The number of nitrogens with one attached hydrogen (secondary N) is 1. The minimum Gasteiger partial charge on any atom is -0.466 e. The van der Waals surface area contributed by atoms with Gasteiger partial charge in [0.15, 0.2) is 0 Å². The van der Waals surface area contributed by atoms with Crippen molar-refractivity contribution in [1.82, 2.24) is 5.32 Å². The summed E-state index contributed by atoms with van der Waals surface area (Å²) >= 11 is 0. The van der Waals surface area contributed by atoms with E-state index in [4.69, 9.17) is 4.74 Å². The lowest BCUT2D eigenvalue weighted by molar-refractivity contribution is -0.143. The van der Waals surface area contributed by atoms with E-state index in [0.717, 1.165) is 38.5 Å². The number of hydrogen-bond acceptors (Lipinski definition) is 5. The van der Waals surface area contributed by atoms with Crippen LogP contribution in [0.25, 0.3) is 0 Å². The van der Waals surface area contributed by atoms with Gasteiger partial charge in [-0.05, 0) is 32.1 Å². The summed E-state index contributed by atoms with van der Waals surface area (Å²) in [6.45, 7) is 4.95. The van der Waals surface area contributed by atoms with Gasteiger partial charge in [-0.25, -0.2) is 0 Å². The third-order valence-electron chi connectivity index (χ3n) is 17.1. The van der Waals surface area contributed by atoms with Crippen molar-refractivity contribution in [3.63, 3.8) is 0 Å². The van der Waals surface area contributed by atoms with E-state index in [2.05, 4.69) is 19.2 Å². The number of aliphatic hydroxyl groups excluding tert-OH is 2. The van der Waals surface area contributed by atoms with Crippen molar-refractivity contribution in [3.8, 4) is 0 Å². The maximum atomic E-state index is 12.5. The summed E-state index contributed by atoms with van der Waals surface area (Å²) in [7, 11) is 0. The van der Waals surface area contributed by atoms with Crippen LogP contribution in [0.2, 0.25) is 0 Å². The number of carbonyl (C=O) groups excluding carboxylic acids is 2. The third-order valence-corrected chi connectivity index (χ3v) is 17.1. The van der Waals surface area contributed by atoms with Crippen molar-refractivity contribution in [3.05, 3.63) is 12.2 Å². The summed E-state index contributed by atoms with van der Waals surface area (Å²) in [4.78, 5) is 24.6. The maximum Gasteiger partial charge on any atom is 0.305 e. The highest BCUT2D eigenvalue weighted by molar-refractivity contribution is 5.76. The molecule has 0 saturated carbocycles. The zero-order valence-electron chi connectivity index (χ0n) is 53.2. The van der Waals surface area contributed by atoms with Gasteiger partial charge in [0.05, 0.1) is 25.4 Å². The molecule has 0 aromatic heterocycles. The van der Waals surface area contributed by atoms with Gasteiger partial charge >= 0.3 is 5.97 Å². The van der Waals surface area contributed by atoms with Crippen LogP contribution in [-0.4, -0.2) is 47.4 Å². The third kappa shape index (κ3) is 63.8. The van der Waals surface area contributed by atoms with E-state index in [-0.39, 0.29) is 18.5 Å².